The largest absolute Gasteiger partial charge is 0.379 e. The van der Waals surface area contributed by atoms with Crippen LogP contribution in [0.5, 0.6) is 0 Å². The average Bonchev–Trinajstić information content (AvgIpc) is 2.85. The molecule has 1 aliphatic carbocycles. The van der Waals surface area contributed by atoms with Gasteiger partial charge in [0.1, 0.15) is 0 Å². The Morgan fingerprint density at radius 1 is 1.42 bits per heavy atom. The summed E-state index contributed by atoms with van der Waals surface area (Å²) in [6.07, 6.45) is 3.22. The van der Waals surface area contributed by atoms with E-state index in [-0.39, 0.29) is 18.1 Å². The van der Waals surface area contributed by atoms with E-state index in [0.29, 0.717) is 5.56 Å². The molecule has 5 nitrogen and oxygen atoms in total. The number of hydrogen-bond acceptors (Lipinski definition) is 4. The van der Waals surface area contributed by atoms with E-state index in [1.54, 1.807) is 19.2 Å². The lowest BCUT2D eigenvalue weighted by atomic mass is 10.1. The summed E-state index contributed by atoms with van der Waals surface area (Å²) in [6.45, 7) is 1.90. The van der Waals surface area contributed by atoms with Crippen molar-refractivity contribution in [3.8, 4) is 0 Å². The van der Waals surface area contributed by atoms with Gasteiger partial charge in [0.05, 0.1) is 12.1 Å². The normalized spacial score (nSPS) is 22.3. The fraction of sp³-hybridized carbons (Fsp3) is 0.500. The lowest BCUT2D eigenvalue weighted by molar-refractivity contribution is 0.0722. The van der Waals surface area contributed by atoms with Crippen LogP contribution in [-0.4, -0.2) is 25.2 Å². The second-order valence-corrected chi connectivity index (χ2v) is 4.96. The number of hydrazine groups is 1. The Hall–Kier alpha value is -1.59. The van der Waals surface area contributed by atoms with Crippen LogP contribution in [0.3, 0.4) is 0 Å². The molecule has 1 aliphatic rings. The van der Waals surface area contributed by atoms with Crippen LogP contribution in [0.15, 0.2) is 18.2 Å². The van der Waals surface area contributed by atoms with Crippen molar-refractivity contribution in [2.45, 2.75) is 38.3 Å². The van der Waals surface area contributed by atoms with Gasteiger partial charge in [0.2, 0.25) is 0 Å². The van der Waals surface area contributed by atoms with E-state index in [9.17, 15) is 4.79 Å². The maximum atomic E-state index is 12.3. The predicted octanol–water partition coefficient (Wildman–Crippen LogP) is 1.58. The maximum Gasteiger partial charge on any atom is 0.251 e. The van der Waals surface area contributed by atoms with Gasteiger partial charge in [-0.2, -0.15) is 0 Å². The lowest BCUT2D eigenvalue weighted by Crippen LogP contribution is -2.40. The topological polar surface area (TPSA) is 76.4 Å². The molecule has 1 fully saturated rings. The van der Waals surface area contributed by atoms with Crippen molar-refractivity contribution in [2.75, 3.05) is 12.5 Å². The van der Waals surface area contributed by atoms with Crippen molar-refractivity contribution in [2.24, 2.45) is 5.84 Å². The predicted molar refractivity (Wildman–Crippen MR) is 74.9 cm³/mol. The summed E-state index contributed by atoms with van der Waals surface area (Å²) in [7, 11) is 1.70. The second kappa shape index (κ2) is 6.04. The lowest BCUT2D eigenvalue weighted by Gasteiger charge is -2.20. The first-order valence-corrected chi connectivity index (χ1v) is 6.56. The number of anilines is 1. The number of hydrogen-bond donors (Lipinski definition) is 3. The van der Waals surface area contributed by atoms with Crippen LogP contribution in [0.1, 0.15) is 35.2 Å². The van der Waals surface area contributed by atoms with Gasteiger partial charge in [-0.15, -0.1) is 0 Å². The summed E-state index contributed by atoms with van der Waals surface area (Å²) in [5, 5.41) is 3.06. The number of methoxy groups -OCH3 is 1. The summed E-state index contributed by atoms with van der Waals surface area (Å²) in [5.41, 5.74) is 4.95. The molecule has 1 aromatic carbocycles. The summed E-state index contributed by atoms with van der Waals surface area (Å²) >= 11 is 0. The molecule has 0 aromatic heterocycles. The molecule has 19 heavy (non-hydrogen) atoms. The molecule has 0 spiro atoms. The molecule has 2 unspecified atom stereocenters. The first kappa shape index (κ1) is 13.8. The summed E-state index contributed by atoms with van der Waals surface area (Å²) < 4.78 is 5.39. The van der Waals surface area contributed by atoms with Gasteiger partial charge in [-0.3, -0.25) is 10.6 Å². The van der Waals surface area contributed by atoms with E-state index in [1.807, 2.05) is 13.0 Å². The Balaban J connectivity index is 2.07. The van der Waals surface area contributed by atoms with Crippen LogP contribution in [0.2, 0.25) is 0 Å². The standard InChI is InChI=1S/C14H21N3O2/c1-9-8-10(17-15)6-7-11(9)14(18)16-12-4-3-5-13(12)19-2/h6-8,12-13,17H,3-5,15H2,1-2H3,(H,16,18). The minimum Gasteiger partial charge on any atom is -0.379 e. The van der Waals surface area contributed by atoms with Gasteiger partial charge in [-0.05, 0) is 49.9 Å². The van der Waals surface area contributed by atoms with Gasteiger partial charge in [0.25, 0.3) is 5.91 Å². The molecular weight excluding hydrogens is 242 g/mol. The third-order valence-corrected chi connectivity index (χ3v) is 3.71. The van der Waals surface area contributed by atoms with Crippen LogP contribution in [0.25, 0.3) is 0 Å². The second-order valence-electron chi connectivity index (χ2n) is 4.96. The van der Waals surface area contributed by atoms with E-state index >= 15 is 0 Å². The summed E-state index contributed by atoms with van der Waals surface area (Å²) in [4.78, 5) is 12.3. The Morgan fingerprint density at radius 3 is 2.84 bits per heavy atom. The molecule has 0 radical (unpaired) electrons. The number of amides is 1. The molecular formula is C14H21N3O2. The van der Waals surface area contributed by atoms with E-state index in [0.717, 1.165) is 30.5 Å². The third kappa shape index (κ3) is 3.05. The molecule has 1 saturated carbocycles. The minimum absolute atomic E-state index is 0.0463. The maximum absolute atomic E-state index is 12.3. The highest BCUT2D eigenvalue weighted by Crippen LogP contribution is 2.22. The van der Waals surface area contributed by atoms with E-state index < -0.39 is 0 Å². The Kier molecular flexibility index (Phi) is 4.39. The van der Waals surface area contributed by atoms with Crippen molar-refractivity contribution in [1.29, 1.82) is 0 Å². The van der Waals surface area contributed by atoms with Crippen LogP contribution in [0, 0.1) is 6.92 Å². The number of aryl methyl sites for hydroxylation is 1. The number of carbonyl (C=O) groups is 1. The smallest absolute Gasteiger partial charge is 0.251 e. The quantitative estimate of drug-likeness (QED) is 0.569. The molecule has 1 amide bonds. The van der Waals surface area contributed by atoms with Crippen molar-refractivity contribution in [3.63, 3.8) is 0 Å². The Labute approximate surface area is 113 Å². The van der Waals surface area contributed by atoms with Gasteiger partial charge in [0.15, 0.2) is 0 Å². The molecule has 2 rings (SSSR count). The van der Waals surface area contributed by atoms with E-state index in [1.165, 1.54) is 0 Å². The van der Waals surface area contributed by atoms with Gasteiger partial charge in [-0.25, -0.2) is 0 Å². The van der Waals surface area contributed by atoms with Crippen LogP contribution < -0.4 is 16.6 Å². The highest BCUT2D eigenvalue weighted by molar-refractivity contribution is 5.96. The number of nitrogens with two attached hydrogens (primary N) is 1. The zero-order chi connectivity index (χ0) is 13.8. The van der Waals surface area contributed by atoms with Crippen molar-refractivity contribution >= 4 is 11.6 Å². The number of benzene rings is 1. The number of nitrogens with one attached hydrogen (secondary N) is 2. The fourth-order valence-electron chi connectivity index (χ4n) is 2.63. The van der Waals surface area contributed by atoms with Gasteiger partial charge >= 0.3 is 0 Å². The van der Waals surface area contributed by atoms with E-state index in [2.05, 4.69) is 10.7 Å². The van der Waals surface area contributed by atoms with Crippen LogP contribution in [-0.2, 0) is 4.74 Å². The van der Waals surface area contributed by atoms with Gasteiger partial charge < -0.3 is 15.5 Å². The van der Waals surface area contributed by atoms with Crippen molar-refractivity contribution in [1.82, 2.24) is 5.32 Å². The van der Waals surface area contributed by atoms with E-state index in [4.69, 9.17) is 10.6 Å². The minimum atomic E-state index is -0.0463. The molecule has 0 heterocycles. The summed E-state index contributed by atoms with van der Waals surface area (Å²) in [6, 6.07) is 5.56. The molecule has 1 aromatic rings. The average molecular weight is 263 g/mol. The molecule has 104 valence electrons. The number of carbonyl (C=O) groups excluding carboxylic acids is 1. The fourth-order valence-corrected chi connectivity index (χ4v) is 2.63. The molecule has 0 aliphatic heterocycles. The molecule has 5 heteroatoms. The SMILES string of the molecule is COC1CCCC1NC(=O)c1ccc(NN)cc1C. The molecule has 4 N–H and O–H groups in total. The van der Waals surface area contributed by atoms with Gasteiger partial charge in [0, 0.05) is 18.4 Å². The van der Waals surface area contributed by atoms with Crippen LogP contribution >= 0.6 is 0 Å². The first-order chi connectivity index (χ1) is 9.15. The van der Waals surface area contributed by atoms with Crippen molar-refractivity contribution < 1.29 is 9.53 Å². The highest BCUT2D eigenvalue weighted by Gasteiger charge is 2.28. The number of rotatable bonds is 4. The number of ether oxygens (including phenoxy) is 1. The van der Waals surface area contributed by atoms with Gasteiger partial charge in [-0.1, -0.05) is 0 Å². The molecule has 0 bridgehead atoms. The third-order valence-electron chi connectivity index (χ3n) is 3.71. The van der Waals surface area contributed by atoms with Crippen LogP contribution in [0.4, 0.5) is 5.69 Å². The zero-order valence-electron chi connectivity index (χ0n) is 11.4. The monoisotopic (exact) mass is 263 g/mol. The van der Waals surface area contributed by atoms with Crippen molar-refractivity contribution in [3.05, 3.63) is 29.3 Å². The number of nitrogen functional groups attached to an aromatic ring is 1. The first-order valence-electron chi connectivity index (χ1n) is 6.56. The Morgan fingerprint density at radius 2 is 2.21 bits per heavy atom. The molecule has 2 atom stereocenters. The zero-order valence-corrected chi connectivity index (χ0v) is 11.4. The summed E-state index contributed by atoms with van der Waals surface area (Å²) in [5.74, 6) is 5.30. The highest BCUT2D eigenvalue weighted by atomic mass is 16.5. The Bertz CT molecular complexity index is 462. The molecule has 0 saturated heterocycles.